The van der Waals surface area contributed by atoms with Crippen molar-refractivity contribution >= 4 is 28.7 Å². The largest absolute Gasteiger partial charge is 0.339 e. The predicted molar refractivity (Wildman–Crippen MR) is 129 cm³/mol. The lowest BCUT2D eigenvalue weighted by atomic mass is 10.1. The second kappa shape index (κ2) is 9.17. The second-order valence-corrected chi connectivity index (χ2v) is 9.26. The molecule has 0 radical (unpaired) electrons. The van der Waals surface area contributed by atoms with E-state index < -0.39 is 0 Å². The van der Waals surface area contributed by atoms with Gasteiger partial charge >= 0.3 is 0 Å². The summed E-state index contributed by atoms with van der Waals surface area (Å²) in [5.41, 5.74) is 6.43. The van der Waals surface area contributed by atoms with Gasteiger partial charge in [-0.3, -0.25) is 9.78 Å². The van der Waals surface area contributed by atoms with Crippen LogP contribution in [0.1, 0.15) is 39.9 Å². The van der Waals surface area contributed by atoms with Crippen molar-refractivity contribution < 1.29 is 4.79 Å². The fraction of sp³-hybridized carbons (Fsp3) is 0.269. The lowest BCUT2D eigenvalue weighted by Crippen LogP contribution is -2.27. The van der Waals surface area contributed by atoms with Gasteiger partial charge in [-0.2, -0.15) is 0 Å². The molecule has 0 saturated carbocycles. The highest BCUT2D eigenvalue weighted by molar-refractivity contribution is 7.98. The summed E-state index contributed by atoms with van der Waals surface area (Å²) in [6.07, 6.45) is 5.87. The van der Waals surface area contributed by atoms with Crippen LogP contribution < -0.4 is 0 Å². The van der Waals surface area contributed by atoms with E-state index in [0.29, 0.717) is 6.54 Å². The Labute approximate surface area is 192 Å². The van der Waals surface area contributed by atoms with Crippen molar-refractivity contribution in [2.24, 2.45) is 0 Å². The number of hydrogen-bond donors (Lipinski definition) is 0. The first kappa shape index (κ1) is 20.8. The molecule has 0 aliphatic carbocycles. The van der Waals surface area contributed by atoms with Crippen LogP contribution in [0.2, 0.25) is 0 Å². The molecule has 1 fully saturated rings. The van der Waals surface area contributed by atoms with Crippen LogP contribution in [0.15, 0.2) is 72.1 Å². The predicted octanol–water partition coefficient (Wildman–Crippen LogP) is 5.32. The molecule has 1 aliphatic rings. The van der Waals surface area contributed by atoms with E-state index in [1.165, 1.54) is 11.1 Å². The number of amides is 1. The van der Waals surface area contributed by atoms with E-state index >= 15 is 0 Å². The third-order valence-electron chi connectivity index (χ3n) is 5.94. The molecule has 0 unspecified atom stereocenters. The summed E-state index contributed by atoms with van der Waals surface area (Å²) in [7, 11) is 0. The van der Waals surface area contributed by atoms with Crippen molar-refractivity contribution in [2.75, 3.05) is 13.1 Å². The zero-order chi connectivity index (χ0) is 21.9. The van der Waals surface area contributed by atoms with Gasteiger partial charge in [0.15, 0.2) is 5.16 Å². The molecule has 2 aromatic carbocycles. The minimum absolute atomic E-state index is 0.140. The molecule has 3 heterocycles. The molecule has 4 aromatic rings. The quantitative estimate of drug-likeness (QED) is 0.380. The molecule has 2 aromatic heterocycles. The lowest BCUT2D eigenvalue weighted by molar-refractivity contribution is 0.0793. The van der Waals surface area contributed by atoms with Crippen molar-refractivity contribution in [2.45, 2.75) is 37.2 Å². The molecule has 5 nitrogen and oxygen atoms in total. The molecule has 0 spiro atoms. The molecule has 1 saturated heterocycles. The van der Waals surface area contributed by atoms with Gasteiger partial charge in [-0.1, -0.05) is 53.7 Å². The van der Waals surface area contributed by atoms with Crippen LogP contribution in [0.5, 0.6) is 0 Å². The first-order valence-electron chi connectivity index (χ1n) is 11.0. The van der Waals surface area contributed by atoms with Gasteiger partial charge in [-0.25, -0.2) is 4.98 Å². The summed E-state index contributed by atoms with van der Waals surface area (Å²) in [5.74, 6) is 1.00. The van der Waals surface area contributed by atoms with Crippen LogP contribution in [-0.4, -0.2) is 38.4 Å². The third kappa shape index (κ3) is 4.41. The number of nitrogens with zero attached hydrogens (tertiary/aromatic N) is 4. The van der Waals surface area contributed by atoms with Gasteiger partial charge in [0.2, 0.25) is 0 Å². The highest BCUT2D eigenvalue weighted by Crippen LogP contribution is 2.27. The fourth-order valence-corrected chi connectivity index (χ4v) is 5.05. The van der Waals surface area contributed by atoms with E-state index in [9.17, 15) is 4.79 Å². The average molecular weight is 443 g/mol. The number of likely N-dealkylation sites (tertiary alicyclic amines) is 1. The average Bonchev–Trinajstić information content (AvgIpc) is 3.48. The molecule has 0 bridgehead atoms. The summed E-state index contributed by atoms with van der Waals surface area (Å²) in [6, 6.07) is 18.6. The van der Waals surface area contributed by atoms with E-state index in [1.54, 1.807) is 18.0 Å². The summed E-state index contributed by atoms with van der Waals surface area (Å²) in [5, 5.41) is 0.978. The van der Waals surface area contributed by atoms with Crippen LogP contribution in [0.4, 0.5) is 0 Å². The molecule has 6 heteroatoms. The van der Waals surface area contributed by atoms with Gasteiger partial charge < -0.3 is 9.47 Å². The Morgan fingerprint density at radius 1 is 0.969 bits per heavy atom. The topological polar surface area (TPSA) is 51.0 Å². The third-order valence-corrected chi connectivity index (χ3v) is 6.99. The monoisotopic (exact) mass is 442 g/mol. The molecule has 162 valence electrons. The Bertz CT molecular complexity index is 1230. The van der Waals surface area contributed by atoms with Crippen LogP contribution in [-0.2, 0) is 12.3 Å². The van der Waals surface area contributed by atoms with Crippen molar-refractivity contribution in [3.05, 3.63) is 89.2 Å². The number of benzene rings is 2. The number of carbonyl (C=O) groups excluding carboxylic acids is 1. The summed E-state index contributed by atoms with van der Waals surface area (Å²) in [4.78, 5) is 23.8. The highest BCUT2D eigenvalue weighted by atomic mass is 32.2. The van der Waals surface area contributed by atoms with E-state index in [4.69, 9.17) is 4.98 Å². The van der Waals surface area contributed by atoms with Crippen molar-refractivity contribution in [1.29, 1.82) is 0 Å². The Hall–Kier alpha value is -3.12. The highest BCUT2D eigenvalue weighted by Gasteiger charge is 2.19. The van der Waals surface area contributed by atoms with Crippen molar-refractivity contribution in [1.82, 2.24) is 19.4 Å². The van der Waals surface area contributed by atoms with Gasteiger partial charge in [-0.05, 0) is 49.1 Å². The van der Waals surface area contributed by atoms with Crippen LogP contribution in [0.25, 0.3) is 11.0 Å². The van der Waals surface area contributed by atoms with Gasteiger partial charge in [-0.15, -0.1) is 0 Å². The molecule has 32 heavy (non-hydrogen) atoms. The Balaban J connectivity index is 1.37. The van der Waals surface area contributed by atoms with Gasteiger partial charge in [0.1, 0.15) is 0 Å². The van der Waals surface area contributed by atoms with E-state index in [1.807, 2.05) is 29.3 Å². The number of rotatable bonds is 6. The minimum Gasteiger partial charge on any atom is -0.339 e. The van der Waals surface area contributed by atoms with Gasteiger partial charge in [0.05, 0.1) is 23.8 Å². The molecular formula is C26H26N4OS. The summed E-state index contributed by atoms with van der Waals surface area (Å²) < 4.78 is 2.22. The van der Waals surface area contributed by atoms with Crippen molar-refractivity contribution in [3.63, 3.8) is 0 Å². The first-order chi connectivity index (χ1) is 15.7. The number of pyridine rings is 1. The second-order valence-electron chi connectivity index (χ2n) is 8.32. The maximum Gasteiger partial charge on any atom is 0.253 e. The van der Waals surface area contributed by atoms with Crippen LogP contribution in [0.3, 0.4) is 0 Å². The Morgan fingerprint density at radius 3 is 2.44 bits per heavy atom. The summed E-state index contributed by atoms with van der Waals surface area (Å²) in [6.45, 7) is 4.54. The molecule has 1 amide bonds. The Morgan fingerprint density at radius 2 is 1.69 bits per heavy atom. The fourth-order valence-electron chi connectivity index (χ4n) is 4.08. The molecular weight excluding hydrogens is 416 g/mol. The number of fused-ring (bicyclic) bond motifs is 1. The number of imidazole rings is 1. The zero-order valence-corrected chi connectivity index (χ0v) is 19.0. The number of thioether (sulfide) groups is 1. The SMILES string of the molecule is Cc1ccc(CSc2nc3ccncc3n2Cc2ccc(C(=O)N3CCCC3)cc2)cc1. The number of aromatic nitrogens is 3. The van der Waals surface area contributed by atoms with Crippen LogP contribution in [0, 0.1) is 6.92 Å². The van der Waals surface area contributed by atoms with Crippen molar-refractivity contribution in [3.8, 4) is 0 Å². The van der Waals surface area contributed by atoms with E-state index in [2.05, 4.69) is 52.9 Å². The van der Waals surface area contributed by atoms with Crippen LogP contribution >= 0.6 is 11.8 Å². The van der Waals surface area contributed by atoms with E-state index in [-0.39, 0.29) is 5.91 Å². The standard InChI is InChI=1S/C26H26N4OS/c1-19-4-6-21(7-5-19)18-32-26-28-23-12-13-27-16-24(23)30(26)17-20-8-10-22(11-9-20)25(31)29-14-2-3-15-29/h4-13,16H,2-3,14-15,17-18H2,1H3. The minimum atomic E-state index is 0.140. The van der Waals surface area contributed by atoms with Gasteiger partial charge in [0, 0.05) is 30.6 Å². The van der Waals surface area contributed by atoms with E-state index in [0.717, 1.165) is 59.0 Å². The zero-order valence-electron chi connectivity index (χ0n) is 18.2. The number of hydrogen-bond acceptors (Lipinski definition) is 4. The normalized spacial score (nSPS) is 13.7. The first-order valence-corrected chi connectivity index (χ1v) is 12.0. The maximum atomic E-state index is 12.6. The molecule has 0 N–H and O–H groups in total. The lowest BCUT2D eigenvalue weighted by Gasteiger charge is -2.15. The Kier molecular flexibility index (Phi) is 5.95. The molecule has 5 rings (SSSR count). The number of carbonyl (C=O) groups is 1. The maximum absolute atomic E-state index is 12.6. The number of aryl methyl sites for hydroxylation is 1. The molecule has 1 aliphatic heterocycles. The smallest absolute Gasteiger partial charge is 0.253 e. The molecule has 0 atom stereocenters. The van der Waals surface area contributed by atoms with Gasteiger partial charge in [0.25, 0.3) is 5.91 Å². The summed E-state index contributed by atoms with van der Waals surface area (Å²) >= 11 is 1.74.